The Bertz CT molecular complexity index is 378. The molecular weight excluding hydrogens is 204 g/mol. The van der Waals surface area contributed by atoms with Crippen LogP contribution in [0.3, 0.4) is 0 Å². The van der Waals surface area contributed by atoms with Gasteiger partial charge in [0.25, 0.3) is 6.43 Å². The van der Waals surface area contributed by atoms with E-state index in [4.69, 9.17) is 5.11 Å². The molecule has 0 saturated heterocycles. The van der Waals surface area contributed by atoms with Crippen molar-refractivity contribution in [3.05, 3.63) is 29.3 Å². The van der Waals surface area contributed by atoms with Crippen molar-refractivity contribution in [1.82, 2.24) is 0 Å². The second-order valence-electron chi connectivity index (χ2n) is 3.28. The molecule has 1 aromatic carbocycles. The standard InChI is InChI=1S/C10H11F2NO2/c1-13(2)8-4-3-6(9(11)12)5-7(8)10(14)15/h3-5,9H,1-2H3,(H,14,15). The highest BCUT2D eigenvalue weighted by Crippen LogP contribution is 2.25. The third-order valence-electron chi connectivity index (χ3n) is 1.98. The largest absolute Gasteiger partial charge is 0.478 e. The van der Waals surface area contributed by atoms with Gasteiger partial charge in [0.2, 0.25) is 0 Å². The van der Waals surface area contributed by atoms with Crippen LogP contribution < -0.4 is 4.90 Å². The quantitative estimate of drug-likeness (QED) is 0.841. The molecule has 3 nitrogen and oxygen atoms in total. The Morgan fingerprint density at radius 1 is 1.40 bits per heavy atom. The van der Waals surface area contributed by atoms with Crippen molar-refractivity contribution in [2.75, 3.05) is 19.0 Å². The molecular formula is C10H11F2NO2. The fraction of sp³-hybridized carbons (Fsp3) is 0.300. The maximum absolute atomic E-state index is 12.3. The molecule has 0 spiro atoms. The first-order chi connectivity index (χ1) is 6.93. The van der Waals surface area contributed by atoms with E-state index in [0.717, 1.165) is 6.07 Å². The maximum atomic E-state index is 12.3. The molecule has 0 bridgehead atoms. The first kappa shape index (κ1) is 11.4. The number of hydrogen-bond donors (Lipinski definition) is 1. The van der Waals surface area contributed by atoms with Gasteiger partial charge in [-0.05, 0) is 12.1 Å². The fourth-order valence-electron chi connectivity index (χ4n) is 1.25. The molecule has 0 aliphatic heterocycles. The lowest BCUT2D eigenvalue weighted by molar-refractivity contribution is 0.0697. The van der Waals surface area contributed by atoms with Gasteiger partial charge in [0.1, 0.15) is 0 Å². The molecule has 0 saturated carbocycles. The van der Waals surface area contributed by atoms with E-state index >= 15 is 0 Å². The number of hydrogen-bond acceptors (Lipinski definition) is 2. The summed E-state index contributed by atoms with van der Waals surface area (Å²) >= 11 is 0. The number of nitrogens with zero attached hydrogens (tertiary/aromatic N) is 1. The van der Waals surface area contributed by atoms with Gasteiger partial charge in [0.05, 0.1) is 11.3 Å². The number of carboxylic acids is 1. The predicted molar refractivity (Wildman–Crippen MR) is 52.7 cm³/mol. The van der Waals surface area contributed by atoms with Crippen LogP contribution in [0.15, 0.2) is 18.2 Å². The fourth-order valence-corrected chi connectivity index (χ4v) is 1.25. The van der Waals surface area contributed by atoms with Gasteiger partial charge in [-0.3, -0.25) is 0 Å². The van der Waals surface area contributed by atoms with Crippen molar-refractivity contribution in [2.45, 2.75) is 6.43 Å². The van der Waals surface area contributed by atoms with E-state index in [1.165, 1.54) is 12.1 Å². The number of anilines is 1. The molecule has 1 N–H and O–H groups in total. The van der Waals surface area contributed by atoms with Crippen LogP contribution in [0.1, 0.15) is 22.3 Å². The Morgan fingerprint density at radius 2 is 2.00 bits per heavy atom. The number of aromatic carboxylic acids is 1. The Hall–Kier alpha value is -1.65. The molecule has 1 rings (SSSR count). The molecule has 0 atom stereocenters. The van der Waals surface area contributed by atoms with Gasteiger partial charge in [-0.1, -0.05) is 6.07 Å². The van der Waals surface area contributed by atoms with Gasteiger partial charge in [0, 0.05) is 19.7 Å². The maximum Gasteiger partial charge on any atom is 0.337 e. The average molecular weight is 215 g/mol. The zero-order chi connectivity index (χ0) is 11.6. The molecule has 0 aromatic heterocycles. The van der Waals surface area contributed by atoms with Crippen LogP contribution in [0.2, 0.25) is 0 Å². The zero-order valence-corrected chi connectivity index (χ0v) is 8.37. The van der Waals surface area contributed by atoms with Crippen LogP contribution in [0.5, 0.6) is 0 Å². The molecule has 15 heavy (non-hydrogen) atoms. The SMILES string of the molecule is CN(C)c1ccc(C(F)F)cc1C(=O)O. The van der Waals surface area contributed by atoms with Gasteiger partial charge < -0.3 is 10.0 Å². The van der Waals surface area contributed by atoms with Crippen LogP contribution >= 0.6 is 0 Å². The molecule has 82 valence electrons. The lowest BCUT2D eigenvalue weighted by Crippen LogP contribution is -2.14. The van der Waals surface area contributed by atoms with Gasteiger partial charge in [-0.15, -0.1) is 0 Å². The van der Waals surface area contributed by atoms with E-state index in [9.17, 15) is 13.6 Å². The summed E-state index contributed by atoms with van der Waals surface area (Å²) in [6, 6.07) is 3.61. The van der Waals surface area contributed by atoms with Crippen molar-refractivity contribution in [2.24, 2.45) is 0 Å². The number of carboxylic acid groups (broad SMARTS) is 1. The second-order valence-corrected chi connectivity index (χ2v) is 3.28. The Labute approximate surface area is 85.9 Å². The summed E-state index contributed by atoms with van der Waals surface area (Å²) in [6.07, 6.45) is -2.65. The zero-order valence-electron chi connectivity index (χ0n) is 8.37. The summed E-state index contributed by atoms with van der Waals surface area (Å²) in [4.78, 5) is 12.4. The molecule has 0 amide bonds. The normalized spacial score (nSPS) is 10.5. The Balaban J connectivity index is 3.27. The van der Waals surface area contributed by atoms with E-state index in [0.29, 0.717) is 5.69 Å². The number of alkyl halides is 2. The Morgan fingerprint density at radius 3 is 2.40 bits per heavy atom. The summed E-state index contributed by atoms with van der Waals surface area (Å²) in [6.45, 7) is 0. The van der Waals surface area contributed by atoms with Crippen molar-refractivity contribution in [1.29, 1.82) is 0 Å². The molecule has 0 unspecified atom stereocenters. The monoisotopic (exact) mass is 215 g/mol. The molecule has 1 aromatic rings. The topological polar surface area (TPSA) is 40.5 Å². The number of carbonyl (C=O) groups is 1. The summed E-state index contributed by atoms with van der Waals surface area (Å²) in [7, 11) is 3.31. The highest BCUT2D eigenvalue weighted by atomic mass is 19.3. The van der Waals surface area contributed by atoms with Crippen LogP contribution in [-0.4, -0.2) is 25.2 Å². The molecule has 5 heteroatoms. The minimum atomic E-state index is -2.65. The van der Waals surface area contributed by atoms with Gasteiger partial charge in [-0.2, -0.15) is 0 Å². The molecule has 0 aliphatic rings. The minimum Gasteiger partial charge on any atom is -0.478 e. The predicted octanol–water partition coefficient (Wildman–Crippen LogP) is 2.39. The lowest BCUT2D eigenvalue weighted by Gasteiger charge is -2.16. The summed E-state index contributed by atoms with van der Waals surface area (Å²) in [5, 5.41) is 8.85. The molecule has 0 heterocycles. The van der Waals surface area contributed by atoms with Gasteiger partial charge in [0.15, 0.2) is 0 Å². The number of halogens is 2. The van der Waals surface area contributed by atoms with E-state index in [1.807, 2.05) is 0 Å². The average Bonchev–Trinajstić information content (AvgIpc) is 2.16. The number of rotatable bonds is 3. The minimum absolute atomic E-state index is 0.113. The summed E-state index contributed by atoms with van der Waals surface area (Å²) in [5.41, 5.74) is 0.0164. The first-order valence-corrected chi connectivity index (χ1v) is 4.26. The molecule has 0 aliphatic carbocycles. The van der Waals surface area contributed by atoms with Crippen LogP contribution in [-0.2, 0) is 0 Å². The lowest BCUT2D eigenvalue weighted by atomic mass is 10.1. The molecule has 0 fully saturated rings. The van der Waals surface area contributed by atoms with Crippen molar-refractivity contribution in [3.8, 4) is 0 Å². The third-order valence-corrected chi connectivity index (χ3v) is 1.98. The van der Waals surface area contributed by atoms with Crippen LogP contribution in [0.25, 0.3) is 0 Å². The van der Waals surface area contributed by atoms with E-state index < -0.39 is 12.4 Å². The van der Waals surface area contributed by atoms with Crippen LogP contribution in [0.4, 0.5) is 14.5 Å². The van der Waals surface area contributed by atoms with Gasteiger partial charge in [-0.25, -0.2) is 13.6 Å². The summed E-state index contributed by atoms with van der Waals surface area (Å²) < 4.78 is 24.7. The summed E-state index contributed by atoms with van der Waals surface area (Å²) in [5.74, 6) is -1.21. The smallest absolute Gasteiger partial charge is 0.337 e. The molecule has 0 radical (unpaired) electrons. The first-order valence-electron chi connectivity index (χ1n) is 4.26. The van der Waals surface area contributed by atoms with E-state index in [1.54, 1.807) is 19.0 Å². The van der Waals surface area contributed by atoms with E-state index in [-0.39, 0.29) is 11.1 Å². The number of benzene rings is 1. The van der Waals surface area contributed by atoms with Crippen LogP contribution in [0, 0.1) is 0 Å². The van der Waals surface area contributed by atoms with Crippen molar-refractivity contribution < 1.29 is 18.7 Å². The Kier molecular flexibility index (Phi) is 3.24. The highest BCUT2D eigenvalue weighted by Gasteiger charge is 2.15. The highest BCUT2D eigenvalue weighted by molar-refractivity contribution is 5.94. The van der Waals surface area contributed by atoms with E-state index in [2.05, 4.69) is 0 Å². The van der Waals surface area contributed by atoms with Gasteiger partial charge >= 0.3 is 5.97 Å². The second kappa shape index (κ2) is 4.25. The third kappa shape index (κ3) is 2.43. The van der Waals surface area contributed by atoms with Crippen molar-refractivity contribution in [3.63, 3.8) is 0 Å². The van der Waals surface area contributed by atoms with Crippen molar-refractivity contribution >= 4 is 11.7 Å².